The molecule has 1 aliphatic rings. The topological polar surface area (TPSA) is 29.1 Å². The Morgan fingerprint density at radius 2 is 2.07 bits per heavy atom. The van der Waals surface area contributed by atoms with Gasteiger partial charge in [0.2, 0.25) is 0 Å². The van der Waals surface area contributed by atoms with Crippen molar-refractivity contribution in [1.29, 1.82) is 0 Å². The zero-order valence-corrected chi connectivity index (χ0v) is 11.1. The predicted octanol–water partition coefficient (Wildman–Crippen LogP) is 2.17. The zero-order valence-electron chi connectivity index (χ0n) is 10.3. The van der Waals surface area contributed by atoms with E-state index < -0.39 is 10.8 Å². The summed E-state index contributed by atoms with van der Waals surface area (Å²) in [5.74, 6) is 1.71. The first-order valence-corrected chi connectivity index (χ1v) is 7.76. The minimum Gasteiger partial charge on any atom is -0.315 e. The minimum absolute atomic E-state index is 0.281. The zero-order chi connectivity index (χ0) is 11.3. The average Bonchev–Trinajstić information content (AvgIpc) is 2.20. The van der Waals surface area contributed by atoms with Gasteiger partial charge < -0.3 is 5.32 Å². The summed E-state index contributed by atoms with van der Waals surface area (Å²) < 4.78 is 11.2. The van der Waals surface area contributed by atoms with Gasteiger partial charge in [-0.1, -0.05) is 26.2 Å². The molecule has 2 nitrogen and oxygen atoms in total. The van der Waals surface area contributed by atoms with Crippen molar-refractivity contribution in [2.75, 3.05) is 19.3 Å². The van der Waals surface area contributed by atoms with Crippen LogP contribution in [0.15, 0.2) is 0 Å². The van der Waals surface area contributed by atoms with Gasteiger partial charge in [-0.25, -0.2) is 0 Å². The van der Waals surface area contributed by atoms with Crippen LogP contribution >= 0.6 is 0 Å². The van der Waals surface area contributed by atoms with E-state index >= 15 is 0 Å². The van der Waals surface area contributed by atoms with Gasteiger partial charge in [0.05, 0.1) is 0 Å². The van der Waals surface area contributed by atoms with Crippen molar-refractivity contribution in [1.82, 2.24) is 5.32 Å². The highest BCUT2D eigenvalue weighted by molar-refractivity contribution is 7.84. The molecule has 4 atom stereocenters. The number of nitrogens with one attached hydrogen (secondary N) is 1. The van der Waals surface area contributed by atoms with Gasteiger partial charge in [0.1, 0.15) is 0 Å². The van der Waals surface area contributed by atoms with Crippen LogP contribution in [0.2, 0.25) is 0 Å². The number of hydrogen-bond donors (Lipinski definition) is 1. The van der Waals surface area contributed by atoms with Crippen molar-refractivity contribution in [2.24, 2.45) is 11.8 Å². The normalized spacial score (nSPS) is 31.1. The lowest BCUT2D eigenvalue weighted by Crippen LogP contribution is -2.34. The molecule has 3 heteroatoms. The first kappa shape index (κ1) is 13.2. The molecule has 0 unspecified atom stereocenters. The maximum Gasteiger partial charge on any atom is 0.0441 e. The van der Waals surface area contributed by atoms with Crippen LogP contribution < -0.4 is 5.32 Å². The third-order valence-corrected chi connectivity index (χ3v) is 4.99. The summed E-state index contributed by atoms with van der Waals surface area (Å²) in [6.07, 6.45) is 7.36. The van der Waals surface area contributed by atoms with E-state index in [1.54, 1.807) is 6.26 Å². The van der Waals surface area contributed by atoms with Crippen LogP contribution in [0.4, 0.5) is 0 Å². The molecule has 0 aromatic rings. The highest BCUT2D eigenvalue weighted by Gasteiger charge is 2.20. The minimum atomic E-state index is -0.688. The summed E-state index contributed by atoms with van der Waals surface area (Å²) in [6.45, 7) is 6.43. The van der Waals surface area contributed by atoms with Gasteiger partial charge in [-0.3, -0.25) is 4.21 Å². The lowest BCUT2D eigenvalue weighted by molar-refractivity contribution is 0.248. The van der Waals surface area contributed by atoms with Crippen LogP contribution in [-0.4, -0.2) is 28.8 Å². The lowest BCUT2D eigenvalue weighted by Gasteiger charge is -2.29. The van der Waals surface area contributed by atoms with Crippen molar-refractivity contribution >= 4 is 10.8 Å². The molecular weight excluding hydrogens is 206 g/mol. The molecule has 0 spiro atoms. The number of hydrogen-bond acceptors (Lipinski definition) is 2. The fourth-order valence-corrected chi connectivity index (χ4v) is 2.64. The Kier molecular flexibility index (Phi) is 5.83. The van der Waals surface area contributed by atoms with Gasteiger partial charge >= 0.3 is 0 Å². The van der Waals surface area contributed by atoms with E-state index in [1.807, 2.05) is 6.92 Å². The van der Waals surface area contributed by atoms with Gasteiger partial charge in [-0.15, -0.1) is 0 Å². The van der Waals surface area contributed by atoms with E-state index in [4.69, 9.17) is 0 Å². The van der Waals surface area contributed by atoms with Gasteiger partial charge in [-0.2, -0.15) is 0 Å². The molecule has 1 saturated carbocycles. The molecule has 0 radical (unpaired) electrons. The molecule has 0 aromatic heterocycles. The van der Waals surface area contributed by atoms with E-state index in [-0.39, 0.29) is 5.25 Å². The van der Waals surface area contributed by atoms with Gasteiger partial charge in [0, 0.05) is 28.9 Å². The quantitative estimate of drug-likeness (QED) is 0.785. The Morgan fingerprint density at radius 3 is 2.67 bits per heavy atom. The maximum atomic E-state index is 11.2. The van der Waals surface area contributed by atoms with Gasteiger partial charge in [0.25, 0.3) is 0 Å². The van der Waals surface area contributed by atoms with Crippen molar-refractivity contribution in [3.63, 3.8) is 0 Å². The first-order valence-electron chi connectivity index (χ1n) is 6.14. The fraction of sp³-hybridized carbons (Fsp3) is 1.00. The molecule has 1 fully saturated rings. The van der Waals surface area contributed by atoms with E-state index in [0.717, 1.165) is 24.9 Å². The van der Waals surface area contributed by atoms with Crippen molar-refractivity contribution in [3.05, 3.63) is 0 Å². The SMILES string of the molecule is C[C@@H]1CCCC[C@@H]1CNC[C@@H](C)[S@](C)=O. The molecule has 0 heterocycles. The van der Waals surface area contributed by atoms with Crippen molar-refractivity contribution in [3.8, 4) is 0 Å². The second-order valence-corrected chi connectivity index (χ2v) is 6.79. The molecular formula is C12H25NOS. The summed E-state index contributed by atoms with van der Waals surface area (Å²) >= 11 is 0. The highest BCUT2D eigenvalue weighted by atomic mass is 32.2. The van der Waals surface area contributed by atoms with Gasteiger partial charge in [-0.05, 0) is 31.7 Å². The van der Waals surface area contributed by atoms with Crippen LogP contribution in [0.1, 0.15) is 39.5 Å². The molecule has 1 N–H and O–H groups in total. The summed E-state index contributed by atoms with van der Waals surface area (Å²) in [4.78, 5) is 0. The molecule has 1 aliphatic carbocycles. The molecule has 90 valence electrons. The third-order valence-electron chi connectivity index (χ3n) is 3.69. The molecule has 0 aromatic carbocycles. The largest absolute Gasteiger partial charge is 0.315 e. The fourth-order valence-electron chi connectivity index (χ4n) is 2.29. The Hall–Kier alpha value is 0.110. The summed E-state index contributed by atoms with van der Waals surface area (Å²) in [6, 6.07) is 0. The third kappa shape index (κ3) is 4.64. The Balaban J connectivity index is 2.16. The van der Waals surface area contributed by atoms with Crippen LogP contribution in [0, 0.1) is 11.8 Å². The molecule has 0 saturated heterocycles. The van der Waals surface area contributed by atoms with E-state index in [2.05, 4.69) is 12.2 Å². The van der Waals surface area contributed by atoms with Crippen LogP contribution in [0.3, 0.4) is 0 Å². The Bertz CT molecular complexity index is 208. The standard InChI is InChI=1S/C12H25NOS/c1-10-6-4-5-7-12(10)9-13-8-11(2)15(3)14/h10-13H,4-9H2,1-3H3/t10-,11-,12-,15+/m1/s1. The lowest BCUT2D eigenvalue weighted by atomic mass is 9.80. The molecule has 0 aliphatic heterocycles. The second-order valence-electron chi connectivity index (χ2n) is 4.99. The van der Waals surface area contributed by atoms with Crippen LogP contribution in [0.5, 0.6) is 0 Å². The first-order chi connectivity index (χ1) is 7.11. The van der Waals surface area contributed by atoms with Crippen LogP contribution in [-0.2, 0) is 10.8 Å². The average molecular weight is 231 g/mol. The van der Waals surface area contributed by atoms with E-state index in [9.17, 15) is 4.21 Å². The predicted molar refractivity (Wildman–Crippen MR) is 67.5 cm³/mol. The van der Waals surface area contributed by atoms with Crippen molar-refractivity contribution in [2.45, 2.75) is 44.8 Å². The smallest absolute Gasteiger partial charge is 0.0441 e. The summed E-state index contributed by atoms with van der Waals surface area (Å²) in [5, 5.41) is 3.75. The molecule has 1 rings (SSSR count). The van der Waals surface area contributed by atoms with E-state index in [0.29, 0.717) is 0 Å². The van der Waals surface area contributed by atoms with E-state index in [1.165, 1.54) is 25.7 Å². The Labute approximate surface area is 96.7 Å². The van der Waals surface area contributed by atoms with Gasteiger partial charge in [0.15, 0.2) is 0 Å². The highest BCUT2D eigenvalue weighted by Crippen LogP contribution is 2.28. The Morgan fingerprint density at radius 1 is 1.40 bits per heavy atom. The summed E-state index contributed by atoms with van der Waals surface area (Å²) in [7, 11) is -0.688. The molecule has 0 bridgehead atoms. The van der Waals surface area contributed by atoms with Crippen LogP contribution in [0.25, 0.3) is 0 Å². The van der Waals surface area contributed by atoms with Crippen molar-refractivity contribution < 1.29 is 4.21 Å². The number of rotatable bonds is 5. The molecule has 0 amide bonds. The maximum absolute atomic E-state index is 11.2. The summed E-state index contributed by atoms with van der Waals surface area (Å²) in [5.41, 5.74) is 0. The second kappa shape index (κ2) is 6.64. The monoisotopic (exact) mass is 231 g/mol. The molecule has 15 heavy (non-hydrogen) atoms.